The van der Waals surface area contributed by atoms with Crippen molar-refractivity contribution in [1.82, 2.24) is 10.4 Å². The molecule has 0 fully saturated rings. The number of nitrogens with one attached hydrogen (secondary N) is 1. The number of hydroxylamine groups is 1. The predicted octanol–water partition coefficient (Wildman–Crippen LogP) is 1.91. The van der Waals surface area contributed by atoms with Crippen LogP contribution in [-0.2, 0) is 22.7 Å². The summed E-state index contributed by atoms with van der Waals surface area (Å²) < 4.78 is 22.6. The fourth-order valence-corrected chi connectivity index (χ4v) is 3.37. The first-order chi connectivity index (χ1) is 14.3. The second-order valence-electron chi connectivity index (χ2n) is 6.75. The van der Waals surface area contributed by atoms with E-state index in [0.29, 0.717) is 59.1 Å². The van der Waals surface area contributed by atoms with Crippen molar-refractivity contribution in [3.8, 4) is 23.0 Å². The number of nitrogens with zero attached hydrogens (tertiary/aromatic N) is 1. The normalized spacial score (nSPS) is 14.5. The number of ether oxygens (including phenoxy) is 4. The third kappa shape index (κ3) is 5.10. The van der Waals surface area contributed by atoms with Crippen LogP contribution >= 0.6 is 0 Å². The van der Waals surface area contributed by atoms with Gasteiger partial charge in [-0.2, -0.15) is 0 Å². The Kier molecular flexibility index (Phi) is 6.33. The Bertz CT molecular complexity index is 782. The van der Waals surface area contributed by atoms with Crippen LogP contribution in [0.25, 0.3) is 0 Å². The van der Waals surface area contributed by atoms with E-state index in [1.54, 1.807) is 0 Å². The number of hydrogen-bond donors (Lipinski definition) is 1. The Morgan fingerprint density at radius 1 is 0.828 bits per heavy atom. The first-order valence-electron chi connectivity index (χ1n) is 9.62. The van der Waals surface area contributed by atoms with Crippen molar-refractivity contribution in [2.45, 2.75) is 13.1 Å². The number of carbonyl (C=O) groups is 1. The second-order valence-corrected chi connectivity index (χ2v) is 6.75. The summed E-state index contributed by atoms with van der Waals surface area (Å²) in [6.45, 7) is 4.64. The zero-order chi connectivity index (χ0) is 19.9. The van der Waals surface area contributed by atoms with Gasteiger partial charge in [-0.3, -0.25) is 14.5 Å². The first-order valence-corrected chi connectivity index (χ1v) is 9.62. The van der Waals surface area contributed by atoms with Crippen LogP contribution in [0.2, 0.25) is 0 Å². The molecule has 0 saturated carbocycles. The first kappa shape index (κ1) is 19.4. The van der Waals surface area contributed by atoms with Crippen molar-refractivity contribution in [2.24, 2.45) is 0 Å². The maximum atomic E-state index is 10.4. The van der Waals surface area contributed by atoms with Crippen molar-refractivity contribution in [3.05, 3.63) is 47.5 Å². The summed E-state index contributed by atoms with van der Waals surface area (Å²) in [6.07, 6.45) is 0.520. The van der Waals surface area contributed by atoms with Gasteiger partial charge < -0.3 is 18.9 Å². The van der Waals surface area contributed by atoms with Gasteiger partial charge in [-0.15, -0.1) is 0 Å². The van der Waals surface area contributed by atoms with Crippen LogP contribution in [0.4, 0.5) is 0 Å². The molecule has 29 heavy (non-hydrogen) atoms. The highest BCUT2D eigenvalue weighted by molar-refractivity contribution is 5.45. The van der Waals surface area contributed by atoms with E-state index >= 15 is 0 Å². The molecule has 2 aromatic rings. The summed E-state index contributed by atoms with van der Waals surface area (Å²) in [5.41, 5.74) is 4.45. The van der Waals surface area contributed by atoms with Crippen molar-refractivity contribution >= 4 is 6.41 Å². The molecule has 0 aliphatic carbocycles. The zero-order valence-electron chi connectivity index (χ0n) is 16.1. The molecule has 4 rings (SSSR count). The van der Waals surface area contributed by atoms with Crippen molar-refractivity contribution in [1.29, 1.82) is 0 Å². The maximum Gasteiger partial charge on any atom is 0.230 e. The number of hydrogen-bond acceptors (Lipinski definition) is 7. The molecular formula is C21H24N2O6. The third-order valence-electron chi connectivity index (χ3n) is 4.67. The third-order valence-corrected chi connectivity index (χ3v) is 4.67. The summed E-state index contributed by atoms with van der Waals surface area (Å²) in [5, 5.41) is 0. The number of fused-ring (bicyclic) bond motifs is 2. The summed E-state index contributed by atoms with van der Waals surface area (Å²) in [7, 11) is 0. The van der Waals surface area contributed by atoms with E-state index in [1.807, 2.05) is 36.4 Å². The fraction of sp³-hybridized carbons (Fsp3) is 0.381. The molecular weight excluding hydrogens is 376 g/mol. The molecule has 2 aliphatic heterocycles. The van der Waals surface area contributed by atoms with E-state index in [4.69, 9.17) is 23.8 Å². The van der Waals surface area contributed by atoms with Crippen LogP contribution in [0.3, 0.4) is 0 Å². The predicted molar refractivity (Wildman–Crippen MR) is 104 cm³/mol. The molecule has 8 heteroatoms. The molecule has 0 bridgehead atoms. The van der Waals surface area contributed by atoms with Crippen molar-refractivity contribution < 1.29 is 28.6 Å². The van der Waals surface area contributed by atoms with E-state index < -0.39 is 0 Å². The van der Waals surface area contributed by atoms with Crippen LogP contribution in [-0.4, -0.2) is 50.9 Å². The molecule has 0 radical (unpaired) electrons. The largest absolute Gasteiger partial charge is 0.486 e. The lowest BCUT2D eigenvalue weighted by molar-refractivity contribution is -0.121. The van der Waals surface area contributed by atoms with Crippen LogP contribution in [0, 0.1) is 0 Å². The highest BCUT2D eigenvalue weighted by atomic mass is 16.6. The summed E-state index contributed by atoms with van der Waals surface area (Å²) in [6, 6.07) is 12.0. The smallest absolute Gasteiger partial charge is 0.230 e. The fourth-order valence-electron chi connectivity index (χ4n) is 3.37. The van der Waals surface area contributed by atoms with Gasteiger partial charge in [0.2, 0.25) is 6.41 Å². The lowest BCUT2D eigenvalue weighted by Crippen LogP contribution is -2.29. The van der Waals surface area contributed by atoms with E-state index in [1.165, 1.54) is 0 Å². The molecule has 2 aromatic carbocycles. The number of carbonyl (C=O) groups excluding carboxylic acids is 1. The van der Waals surface area contributed by atoms with E-state index in [-0.39, 0.29) is 0 Å². The molecule has 0 saturated heterocycles. The zero-order valence-corrected chi connectivity index (χ0v) is 16.1. The van der Waals surface area contributed by atoms with Gasteiger partial charge in [0.1, 0.15) is 26.4 Å². The molecule has 1 amide bonds. The summed E-state index contributed by atoms with van der Waals surface area (Å²) in [5.74, 6) is 3.09. The second kappa shape index (κ2) is 9.49. The van der Waals surface area contributed by atoms with Gasteiger partial charge in [0, 0.05) is 19.6 Å². The van der Waals surface area contributed by atoms with E-state index in [0.717, 1.165) is 34.1 Å². The minimum atomic E-state index is 0.369. The molecule has 0 aromatic heterocycles. The molecule has 0 spiro atoms. The Balaban J connectivity index is 1.46. The molecule has 8 nitrogen and oxygen atoms in total. The minimum absolute atomic E-state index is 0.369. The molecule has 0 atom stereocenters. The summed E-state index contributed by atoms with van der Waals surface area (Å²) in [4.78, 5) is 17.7. The van der Waals surface area contributed by atoms with Crippen LogP contribution in [0.1, 0.15) is 11.1 Å². The van der Waals surface area contributed by atoms with Crippen LogP contribution < -0.4 is 24.4 Å². The topological polar surface area (TPSA) is 78.5 Å². The van der Waals surface area contributed by atoms with Gasteiger partial charge in [-0.1, -0.05) is 12.1 Å². The molecule has 154 valence electrons. The maximum absolute atomic E-state index is 10.4. The SMILES string of the molecule is O=CNOCCN(Cc1ccc2c(c1)OCCO2)Cc1ccc2c(c1)OCCO2. The van der Waals surface area contributed by atoms with Crippen LogP contribution in [0.15, 0.2) is 36.4 Å². The number of amides is 1. The van der Waals surface area contributed by atoms with E-state index in [9.17, 15) is 4.79 Å². The Morgan fingerprint density at radius 2 is 1.34 bits per heavy atom. The highest BCUT2D eigenvalue weighted by Gasteiger charge is 2.16. The molecule has 0 unspecified atom stereocenters. The van der Waals surface area contributed by atoms with Crippen molar-refractivity contribution in [2.75, 3.05) is 39.6 Å². The summed E-state index contributed by atoms with van der Waals surface area (Å²) >= 11 is 0. The Morgan fingerprint density at radius 3 is 1.86 bits per heavy atom. The van der Waals surface area contributed by atoms with Gasteiger partial charge in [0.15, 0.2) is 23.0 Å². The van der Waals surface area contributed by atoms with Crippen molar-refractivity contribution in [3.63, 3.8) is 0 Å². The Hall–Kier alpha value is -2.97. The molecule has 2 aliphatic rings. The lowest BCUT2D eigenvalue weighted by atomic mass is 10.1. The quantitative estimate of drug-likeness (QED) is 0.391. The number of rotatable bonds is 9. The average molecular weight is 400 g/mol. The standard InChI is InChI=1S/C21H24N2O6/c24-15-22-29-6-5-23(13-16-1-3-18-20(11-16)27-9-7-25-18)14-17-2-4-19-21(12-17)28-10-8-26-19/h1-4,11-12,15H,5-10,13-14H2,(H,22,24). The van der Waals surface area contributed by atoms with Gasteiger partial charge >= 0.3 is 0 Å². The van der Waals surface area contributed by atoms with Crippen LogP contribution in [0.5, 0.6) is 23.0 Å². The number of benzene rings is 2. The minimum Gasteiger partial charge on any atom is -0.486 e. The highest BCUT2D eigenvalue weighted by Crippen LogP contribution is 2.32. The van der Waals surface area contributed by atoms with Gasteiger partial charge in [0.05, 0.1) is 6.61 Å². The van der Waals surface area contributed by atoms with Gasteiger partial charge in [-0.25, -0.2) is 5.48 Å². The molecule has 2 heterocycles. The van der Waals surface area contributed by atoms with Gasteiger partial charge in [-0.05, 0) is 35.4 Å². The molecule has 1 N–H and O–H groups in total. The van der Waals surface area contributed by atoms with Gasteiger partial charge in [0.25, 0.3) is 0 Å². The Labute approximate surface area is 169 Å². The monoisotopic (exact) mass is 400 g/mol. The average Bonchev–Trinajstić information content (AvgIpc) is 2.76. The lowest BCUT2D eigenvalue weighted by Gasteiger charge is -2.25. The van der Waals surface area contributed by atoms with E-state index in [2.05, 4.69) is 10.4 Å².